The summed E-state index contributed by atoms with van der Waals surface area (Å²) in [6, 6.07) is 4.29. The van der Waals surface area contributed by atoms with Crippen LogP contribution in [-0.4, -0.2) is 39.9 Å². The maximum Gasteiger partial charge on any atom is 0.305 e. The van der Waals surface area contributed by atoms with Crippen LogP contribution in [0.2, 0.25) is 0 Å². The molecule has 1 N–H and O–H groups in total. The lowest BCUT2D eigenvalue weighted by molar-refractivity contribution is -0.385. The third kappa shape index (κ3) is 3.53. The molecule has 0 aromatic heterocycles. The summed E-state index contributed by atoms with van der Waals surface area (Å²) in [5.41, 5.74) is 0.396. The minimum atomic E-state index is -0.994. The van der Waals surface area contributed by atoms with Gasteiger partial charge in [-0.2, -0.15) is 0 Å². The summed E-state index contributed by atoms with van der Waals surface area (Å²) in [6.07, 6.45) is -0.159. The molecule has 0 heterocycles. The van der Waals surface area contributed by atoms with E-state index in [0.717, 1.165) is 0 Å². The molecule has 0 saturated carbocycles. The Bertz CT molecular complexity index is 542. The van der Waals surface area contributed by atoms with E-state index in [1.165, 1.54) is 30.0 Å². The second-order valence-corrected chi connectivity index (χ2v) is 4.24. The number of hydrogen-bond donors (Lipinski definition) is 1. The average molecular weight is 280 g/mol. The molecule has 1 aromatic carbocycles. The van der Waals surface area contributed by atoms with Gasteiger partial charge in [0.1, 0.15) is 0 Å². The van der Waals surface area contributed by atoms with Crippen molar-refractivity contribution in [3.63, 3.8) is 0 Å². The number of nitro benzene ring substituents is 1. The Morgan fingerprint density at radius 3 is 2.55 bits per heavy atom. The molecule has 108 valence electrons. The Morgan fingerprint density at radius 1 is 1.40 bits per heavy atom. The van der Waals surface area contributed by atoms with E-state index in [9.17, 15) is 19.7 Å². The number of amides is 1. The van der Waals surface area contributed by atoms with Gasteiger partial charge in [0.05, 0.1) is 11.3 Å². The van der Waals surface area contributed by atoms with Crippen LogP contribution in [0.1, 0.15) is 29.3 Å². The zero-order valence-electron chi connectivity index (χ0n) is 11.3. The second-order valence-electron chi connectivity index (χ2n) is 4.24. The van der Waals surface area contributed by atoms with Gasteiger partial charge >= 0.3 is 5.97 Å². The highest BCUT2D eigenvalue weighted by Crippen LogP contribution is 2.22. The molecule has 0 radical (unpaired) electrons. The van der Waals surface area contributed by atoms with Gasteiger partial charge in [-0.25, -0.2) is 0 Å². The highest BCUT2D eigenvalue weighted by molar-refractivity contribution is 5.96. The Morgan fingerprint density at radius 2 is 2.05 bits per heavy atom. The van der Waals surface area contributed by atoms with Crippen LogP contribution in [-0.2, 0) is 4.79 Å². The van der Waals surface area contributed by atoms with Crippen molar-refractivity contribution in [3.8, 4) is 0 Å². The summed E-state index contributed by atoms with van der Waals surface area (Å²) in [5.74, 6) is -1.39. The Kier molecular flexibility index (Phi) is 5.19. The van der Waals surface area contributed by atoms with E-state index in [4.69, 9.17) is 5.11 Å². The first-order valence-electron chi connectivity index (χ1n) is 6.13. The van der Waals surface area contributed by atoms with E-state index in [1.54, 1.807) is 6.92 Å². The predicted molar refractivity (Wildman–Crippen MR) is 71.7 cm³/mol. The molecule has 0 spiro atoms. The number of nitro groups is 1. The molecular weight excluding hydrogens is 264 g/mol. The molecule has 7 heteroatoms. The average Bonchev–Trinajstić information content (AvgIpc) is 2.38. The quantitative estimate of drug-likeness (QED) is 0.633. The highest BCUT2D eigenvalue weighted by atomic mass is 16.6. The van der Waals surface area contributed by atoms with Crippen LogP contribution >= 0.6 is 0 Å². The molecule has 1 aromatic rings. The number of carbonyl (C=O) groups excluding carboxylic acids is 1. The van der Waals surface area contributed by atoms with Crippen LogP contribution in [0.4, 0.5) is 5.69 Å². The van der Waals surface area contributed by atoms with Crippen molar-refractivity contribution >= 4 is 17.6 Å². The van der Waals surface area contributed by atoms with Crippen molar-refractivity contribution in [1.82, 2.24) is 4.90 Å². The first-order valence-corrected chi connectivity index (χ1v) is 6.13. The topological polar surface area (TPSA) is 101 Å². The monoisotopic (exact) mass is 280 g/mol. The van der Waals surface area contributed by atoms with Crippen LogP contribution in [0.3, 0.4) is 0 Å². The number of carbonyl (C=O) groups is 2. The molecule has 0 aliphatic carbocycles. The van der Waals surface area contributed by atoms with Crippen molar-refractivity contribution in [2.24, 2.45) is 0 Å². The lowest BCUT2D eigenvalue weighted by atomic mass is 10.1. The lowest BCUT2D eigenvalue weighted by Gasteiger charge is -2.20. The van der Waals surface area contributed by atoms with Gasteiger partial charge in [0.25, 0.3) is 11.6 Å². The zero-order chi connectivity index (χ0) is 15.3. The first kappa shape index (κ1) is 15.6. The van der Waals surface area contributed by atoms with Gasteiger partial charge < -0.3 is 10.0 Å². The molecule has 0 aliphatic rings. The van der Waals surface area contributed by atoms with E-state index in [0.29, 0.717) is 6.54 Å². The smallest absolute Gasteiger partial charge is 0.305 e. The van der Waals surface area contributed by atoms with Crippen LogP contribution in [0.15, 0.2) is 18.2 Å². The van der Waals surface area contributed by atoms with E-state index in [2.05, 4.69) is 0 Å². The van der Waals surface area contributed by atoms with Crippen LogP contribution < -0.4 is 0 Å². The summed E-state index contributed by atoms with van der Waals surface area (Å²) in [4.78, 5) is 34.5. The predicted octanol–water partition coefficient (Wildman–Crippen LogP) is 1.84. The number of aliphatic carboxylic acids is 1. The van der Waals surface area contributed by atoms with Gasteiger partial charge in [0.2, 0.25) is 0 Å². The SMILES string of the molecule is CCN(CCC(=O)O)C(=O)c1cccc([N+](=O)[O-])c1C. The molecular formula is C13H16N2O5. The molecule has 20 heavy (non-hydrogen) atoms. The van der Waals surface area contributed by atoms with Crippen molar-refractivity contribution < 1.29 is 19.6 Å². The minimum Gasteiger partial charge on any atom is -0.481 e. The normalized spacial score (nSPS) is 10.1. The van der Waals surface area contributed by atoms with Crippen LogP contribution in [0.25, 0.3) is 0 Å². The number of nitrogens with zero attached hydrogens (tertiary/aromatic N) is 2. The summed E-state index contributed by atoms with van der Waals surface area (Å²) < 4.78 is 0. The largest absolute Gasteiger partial charge is 0.481 e. The van der Waals surface area contributed by atoms with E-state index >= 15 is 0 Å². The third-order valence-corrected chi connectivity index (χ3v) is 3.00. The maximum atomic E-state index is 12.3. The number of hydrogen-bond acceptors (Lipinski definition) is 4. The number of rotatable bonds is 6. The zero-order valence-corrected chi connectivity index (χ0v) is 11.3. The molecule has 1 rings (SSSR count). The van der Waals surface area contributed by atoms with Gasteiger partial charge in [-0.1, -0.05) is 6.07 Å². The van der Waals surface area contributed by atoms with Crippen molar-refractivity contribution in [1.29, 1.82) is 0 Å². The maximum absolute atomic E-state index is 12.3. The van der Waals surface area contributed by atoms with Crippen molar-refractivity contribution in [2.75, 3.05) is 13.1 Å². The standard InChI is InChI=1S/C13H16N2O5/c1-3-14(8-7-12(16)17)13(18)10-5-4-6-11(9(10)2)15(19)20/h4-6H,3,7-8H2,1-2H3,(H,16,17). The van der Waals surface area contributed by atoms with Crippen LogP contribution in [0, 0.1) is 17.0 Å². The fourth-order valence-electron chi connectivity index (χ4n) is 1.86. The molecule has 0 fully saturated rings. The van der Waals surface area contributed by atoms with E-state index < -0.39 is 16.8 Å². The molecule has 0 bridgehead atoms. The number of carboxylic acids is 1. The van der Waals surface area contributed by atoms with E-state index in [1.807, 2.05) is 0 Å². The fraction of sp³-hybridized carbons (Fsp3) is 0.385. The molecule has 0 unspecified atom stereocenters. The molecule has 0 aliphatic heterocycles. The van der Waals surface area contributed by atoms with Gasteiger partial charge in [-0.15, -0.1) is 0 Å². The van der Waals surface area contributed by atoms with Gasteiger partial charge in [-0.05, 0) is 19.9 Å². The highest BCUT2D eigenvalue weighted by Gasteiger charge is 2.21. The van der Waals surface area contributed by atoms with Crippen molar-refractivity contribution in [3.05, 3.63) is 39.4 Å². The minimum absolute atomic E-state index is 0.0762. The molecule has 7 nitrogen and oxygen atoms in total. The van der Waals surface area contributed by atoms with Crippen LogP contribution in [0.5, 0.6) is 0 Å². The third-order valence-electron chi connectivity index (χ3n) is 3.00. The summed E-state index contributed by atoms with van der Waals surface area (Å²) in [6.45, 7) is 3.66. The van der Waals surface area contributed by atoms with E-state index in [-0.39, 0.29) is 29.8 Å². The van der Waals surface area contributed by atoms with Gasteiger partial charge in [0, 0.05) is 30.3 Å². The molecule has 0 saturated heterocycles. The molecule has 1 amide bonds. The van der Waals surface area contributed by atoms with Gasteiger partial charge in [-0.3, -0.25) is 19.7 Å². The Balaban J connectivity index is 3.04. The second kappa shape index (κ2) is 6.65. The van der Waals surface area contributed by atoms with Crippen molar-refractivity contribution in [2.45, 2.75) is 20.3 Å². The summed E-state index contributed by atoms with van der Waals surface area (Å²) in [7, 11) is 0. The lowest BCUT2D eigenvalue weighted by Crippen LogP contribution is -2.33. The fourth-order valence-corrected chi connectivity index (χ4v) is 1.86. The Labute approximate surface area is 116 Å². The Hall–Kier alpha value is -2.44. The summed E-state index contributed by atoms with van der Waals surface area (Å²) in [5, 5.41) is 19.5. The molecule has 0 atom stereocenters. The first-order chi connectivity index (χ1) is 9.38. The number of benzene rings is 1. The van der Waals surface area contributed by atoms with Gasteiger partial charge in [0.15, 0.2) is 0 Å². The summed E-state index contributed by atoms with van der Waals surface area (Å²) >= 11 is 0. The number of carboxylic acid groups (broad SMARTS) is 1.